The van der Waals surface area contributed by atoms with Crippen LogP contribution < -0.4 is 16.0 Å². The first kappa shape index (κ1) is 31.4. The number of rotatable bonds is 7. The van der Waals surface area contributed by atoms with Crippen molar-refractivity contribution >= 4 is 34.6 Å². The first-order valence-electron chi connectivity index (χ1n) is 16.9. The monoisotopic (exact) mass is 672 g/mol. The normalized spacial score (nSPS) is 23.3. The average molecular weight is 673 g/mol. The molecule has 2 aromatic heterocycles. The predicted molar refractivity (Wildman–Crippen MR) is 174 cm³/mol. The Morgan fingerprint density at radius 1 is 1.04 bits per heavy atom. The number of benzene rings is 2. The molecule has 12 nitrogen and oxygen atoms in total. The van der Waals surface area contributed by atoms with E-state index in [9.17, 15) is 23.2 Å². The standard InChI is InChI=1S/C35H38F2N8O4/c1-19-4-3-5-25-26(19)42-31(40-25)34(45-18-33(12-13-33)17-38-32(45)48)15-22-6-7-24(14-23(22)16-34)39-30(47)28(21-8-10-35(36,37)11-9-21)41-29(46)27-20(2)43-49-44-27/h3-7,14,21,28H,8-13,15-18H2,1-2H3,(H,38,48)(H,39,47)(H,40,42)(H,41,46)/t28-,34?/m0/s1. The van der Waals surface area contributed by atoms with Crippen LogP contribution in [0.3, 0.4) is 0 Å². The predicted octanol–water partition coefficient (Wildman–Crippen LogP) is 4.92. The van der Waals surface area contributed by atoms with Gasteiger partial charge in [0.15, 0.2) is 5.69 Å². The highest BCUT2D eigenvalue weighted by Gasteiger charge is 2.56. The van der Waals surface area contributed by atoms with Crippen molar-refractivity contribution < 1.29 is 27.8 Å². The van der Waals surface area contributed by atoms with E-state index in [1.807, 2.05) is 42.2 Å². The van der Waals surface area contributed by atoms with Gasteiger partial charge in [0.25, 0.3) is 5.91 Å². The molecule has 3 aliphatic carbocycles. The lowest BCUT2D eigenvalue weighted by molar-refractivity contribution is -0.121. The fraction of sp³-hybridized carbons (Fsp3) is 0.486. The van der Waals surface area contributed by atoms with E-state index >= 15 is 0 Å². The second-order valence-corrected chi connectivity index (χ2v) is 14.5. The number of hydrogen-bond acceptors (Lipinski definition) is 7. The molecule has 3 fully saturated rings. The van der Waals surface area contributed by atoms with Crippen LogP contribution in [0.1, 0.15) is 77.2 Å². The van der Waals surface area contributed by atoms with Crippen LogP contribution in [0.5, 0.6) is 0 Å². The molecular formula is C35H38F2N8O4. The number of nitrogens with one attached hydrogen (secondary N) is 4. The molecule has 2 atom stereocenters. The molecule has 4 N–H and O–H groups in total. The first-order chi connectivity index (χ1) is 23.4. The van der Waals surface area contributed by atoms with Gasteiger partial charge < -0.3 is 25.8 Å². The topological polar surface area (TPSA) is 158 Å². The van der Waals surface area contributed by atoms with E-state index in [-0.39, 0.29) is 48.5 Å². The number of imidazole rings is 1. The number of carbonyl (C=O) groups excluding carboxylic acids is 3. The van der Waals surface area contributed by atoms with Gasteiger partial charge in [-0.1, -0.05) is 23.4 Å². The van der Waals surface area contributed by atoms with Crippen molar-refractivity contribution in [1.82, 2.24) is 35.8 Å². The van der Waals surface area contributed by atoms with Gasteiger partial charge in [-0.05, 0) is 85.5 Å². The molecule has 4 aliphatic rings. The third-order valence-corrected chi connectivity index (χ3v) is 11.1. The van der Waals surface area contributed by atoms with E-state index in [1.165, 1.54) is 0 Å². The lowest BCUT2D eigenvalue weighted by Crippen LogP contribution is -2.61. The number of H-pyrrole nitrogens is 1. The van der Waals surface area contributed by atoms with Crippen LogP contribution in [0.2, 0.25) is 0 Å². The highest BCUT2D eigenvalue weighted by atomic mass is 19.3. The van der Waals surface area contributed by atoms with E-state index in [4.69, 9.17) is 4.98 Å². The van der Waals surface area contributed by atoms with E-state index in [2.05, 4.69) is 35.9 Å². The zero-order chi connectivity index (χ0) is 34.1. The Kier molecular flexibility index (Phi) is 7.27. The Morgan fingerprint density at radius 2 is 1.82 bits per heavy atom. The highest BCUT2D eigenvalue weighted by Crippen LogP contribution is 2.52. The van der Waals surface area contributed by atoms with Gasteiger partial charge in [-0.3, -0.25) is 9.59 Å². The van der Waals surface area contributed by atoms with Crippen LogP contribution in [-0.4, -0.2) is 68.1 Å². The number of hydrogen-bond donors (Lipinski definition) is 4. The molecule has 2 aromatic carbocycles. The number of urea groups is 1. The summed E-state index contributed by atoms with van der Waals surface area (Å²) in [6.45, 7) is 4.87. The van der Waals surface area contributed by atoms with Gasteiger partial charge in [-0.2, -0.15) is 0 Å². The minimum Gasteiger partial charge on any atom is -0.340 e. The number of halogens is 2. The number of aromatic nitrogens is 4. The smallest absolute Gasteiger partial charge is 0.318 e. The molecule has 0 bridgehead atoms. The van der Waals surface area contributed by atoms with Gasteiger partial charge in [-0.15, -0.1) is 0 Å². The summed E-state index contributed by atoms with van der Waals surface area (Å²) in [6, 6.07) is 10.4. The number of aryl methyl sites for hydroxylation is 2. The summed E-state index contributed by atoms with van der Waals surface area (Å²) >= 11 is 0. The van der Waals surface area contributed by atoms with Crippen molar-refractivity contribution in [1.29, 1.82) is 0 Å². The number of carbonyl (C=O) groups is 3. The lowest BCUT2D eigenvalue weighted by atomic mass is 9.81. The molecule has 2 saturated carbocycles. The second kappa shape index (κ2) is 11.3. The number of anilines is 1. The molecule has 3 heterocycles. The van der Waals surface area contributed by atoms with Gasteiger partial charge in [0.05, 0.1) is 11.0 Å². The van der Waals surface area contributed by atoms with Crippen LogP contribution in [0.4, 0.5) is 19.3 Å². The van der Waals surface area contributed by atoms with E-state index in [0.717, 1.165) is 46.4 Å². The number of alkyl halides is 2. The minimum absolute atomic E-state index is 0.0664. The molecule has 1 aliphatic heterocycles. The third kappa shape index (κ3) is 5.60. The van der Waals surface area contributed by atoms with Gasteiger partial charge in [0, 0.05) is 49.9 Å². The van der Waals surface area contributed by atoms with Gasteiger partial charge in [0.1, 0.15) is 23.1 Å². The summed E-state index contributed by atoms with van der Waals surface area (Å²) in [6.07, 6.45) is 2.56. The first-order valence-corrected chi connectivity index (χ1v) is 16.9. The molecule has 14 heteroatoms. The van der Waals surface area contributed by atoms with E-state index in [0.29, 0.717) is 31.6 Å². The van der Waals surface area contributed by atoms with Crippen molar-refractivity contribution in [3.05, 3.63) is 70.3 Å². The van der Waals surface area contributed by atoms with E-state index in [1.54, 1.807) is 13.0 Å². The molecule has 49 heavy (non-hydrogen) atoms. The van der Waals surface area contributed by atoms with Gasteiger partial charge in [-0.25, -0.2) is 23.2 Å². The maximum absolute atomic E-state index is 14.1. The summed E-state index contributed by atoms with van der Waals surface area (Å²) in [4.78, 5) is 51.1. The van der Waals surface area contributed by atoms with Crippen molar-refractivity contribution in [3.63, 3.8) is 0 Å². The molecule has 4 aromatic rings. The number of para-hydroxylation sites is 1. The Balaban J connectivity index is 1.09. The highest BCUT2D eigenvalue weighted by molar-refractivity contribution is 6.01. The number of fused-ring (bicyclic) bond motifs is 2. The molecule has 1 saturated heterocycles. The van der Waals surface area contributed by atoms with Crippen LogP contribution in [0, 0.1) is 25.2 Å². The molecule has 1 unspecified atom stereocenters. The summed E-state index contributed by atoms with van der Waals surface area (Å²) < 4.78 is 32.8. The molecule has 4 amide bonds. The maximum Gasteiger partial charge on any atom is 0.318 e. The Hall–Kier alpha value is -4.88. The summed E-state index contributed by atoms with van der Waals surface area (Å²) in [7, 11) is 0. The Bertz CT molecular complexity index is 1980. The van der Waals surface area contributed by atoms with Crippen LogP contribution in [-0.2, 0) is 23.2 Å². The molecular weight excluding hydrogens is 634 g/mol. The van der Waals surface area contributed by atoms with Crippen LogP contribution >= 0.6 is 0 Å². The fourth-order valence-electron chi connectivity index (χ4n) is 7.95. The largest absolute Gasteiger partial charge is 0.340 e. The Morgan fingerprint density at radius 3 is 2.53 bits per heavy atom. The molecule has 8 rings (SSSR count). The fourth-order valence-corrected chi connectivity index (χ4v) is 7.95. The Labute approximate surface area is 280 Å². The van der Waals surface area contributed by atoms with Crippen molar-refractivity contribution in [3.8, 4) is 0 Å². The average Bonchev–Trinajstić information content (AvgIpc) is 3.38. The van der Waals surface area contributed by atoms with Crippen molar-refractivity contribution in [2.45, 2.75) is 82.7 Å². The van der Waals surface area contributed by atoms with Crippen LogP contribution in [0.15, 0.2) is 41.0 Å². The minimum atomic E-state index is -2.80. The number of amides is 4. The molecule has 1 spiro atoms. The van der Waals surface area contributed by atoms with Crippen molar-refractivity contribution in [2.24, 2.45) is 11.3 Å². The zero-order valence-electron chi connectivity index (χ0n) is 27.4. The quantitative estimate of drug-likeness (QED) is 0.217. The maximum atomic E-state index is 14.1. The van der Waals surface area contributed by atoms with Gasteiger partial charge in [0.2, 0.25) is 11.8 Å². The SMILES string of the molecule is Cc1nonc1C(=O)N[C@H](C(=O)Nc1ccc2c(c1)CC(c1nc3c(C)cccc3[nH]1)(N1CC3(CC3)CNC1=O)C2)C1CCC(F)(F)CC1. The number of aromatic amines is 1. The summed E-state index contributed by atoms with van der Waals surface area (Å²) in [5.74, 6) is -3.76. The lowest BCUT2D eigenvalue weighted by Gasteiger charge is -2.45. The molecule has 256 valence electrons. The third-order valence-electron chi connectivity index (χ3n) is 11.1. The van der Waals surface area contributed by atoms with Gasteiger partial charge >= 0.3 is 6.03 Å². The zero-order valence-corrected chi connectivity index (χ0v) is 27.4. The van der Waals surface area contributed by atoms with Crippen LogP contribution in [0.25, 0.3) is 11.0 Å². The van der Waals surface area contributed by atoms with Crippen molar-refractivity contribution in [2.75, 3.05) is 18.4 Å². The summed E-state index contributed by atoms with van der Waals surface area (Å²) in [5.41, 5.74) is 4.78. The van der Waals surface area contributed by atoms with E-state index < -0.39 is 35.2 Å². The number of nitrogens with zero attached hydrogens (tertiary/aromatic N) is 4. The second-order valence-electron chi connectivity index (χ2n) is 14.5. The molecule has 0 radical (unpaired) electrons. The summed E-state index contributed by atoms with van der Waals surface area (Å²) in [5, 5.41) is 16.1.